The summed E-state index contributed by atoms with van der Waals surface area (Å²) in [6, 6.07) is 1.56. The van der Waals surface area contributed by atoms with E-state index in [1.165, 1.54) is 4.90 Å². The minimum Gasteiger partial charge on any atom is -0.409 e. The summed E-state index contributed by atoms with van der Waals surface area (Å²) in [6.07, 6.45) is 0.0708. The Labute approximate surface area is 113 Å². The zero-order valence-electron chi connectivity index (χ0n) is 10.7. The Morgan fingerprint density at radius 3 is 2.55 bits per heavy atom. The molecule has 0 atom stereocenters. The molecule has 0 unspecified atom stereocenters. The molecule has 0 saturated carbocycles. The van der Waals surface area contributed by atoms with Gasteiger partial charge in [0.15, 0.2) is 17.5 Å². The predicted octanol–water partition coefficient (Wildman–Crippen LogP) is 1.70. The van der Waals surface area contributed by atoms with Crippen molar-refractivity contribution in [2.75, 3.05) is 13.1 Å². The van der Waals surface area contributed by atoms with Gasteiger partial charge in [-0.1, -0.05) is 5.16 Å². The number of halogens is 3. The van der Waals surface area contributed by atoms with Crippen LogP contribution in [0.5, 0.6) is 0 Å². The first-order valence-corrected chi connectivity index (χ1v) is 5.81. The van der Waals surface area contributed by atoms with Crippen LogP contribution in [0.3, 0.4) is 0 Å². The van der Waals surface area contributed by atoms with Crippen LogP contribution in [0.4, 0.5) is 13.2 Å². The fourth-order valence-corrected chi connectivity index (χ4v) is 1.56. The molecule has 0 saturated heterocycles. The van der Waals surface area contributed by atoms with E-state index in [4.69, 9.17) is 10.9 Å². The van der Waals surface area contributed by atoms with Crippen molar-refractivity contribution in [3.05, 3.63) is 35.1 Å². The van der Waals surface area contributed by atoms with E-state index in [0.29, 0.717) is 6.07 Å². The maximum atomic E-state index is 13.5. The lowest BCUT2D eigenvalue weighted by molar-refractivity contribution is 0.0762. The van der Waals surface area contributed by atoms with Gasteiger partial charge in [-0.05, 0) is 19.1 Å². The number of carbonyl (C=O) groups excluding carboxylic acids is 1. The predicted molar refractivity (Wildman–Crippen MR) is 65.9 cm³/mol. The zero-order chi connectivity index (χ0) is 15.3. The van der Waals surface area contributed by atoms with Crippen molar-refractivity contribution < 1.29 is 23.2 Å². The highest BCUT2D eigenvalue weighted by atomic mass is 19.2. The monoisotopic (exact) mass is 289 g/mol. The van der Waals surface area contributed by atoms with Gasteiger partial charge in [-0.25, -0.2) is 13.2 Å². The molecular weight excluding hydrogens is 275 g/mol. The second-order valence-corrected chi connectivity index (χ2v) is 3.95. The Kier molecular flexibility index (Phi) is 5.36. The number of benzene rings is 1. The second-order valence-electron chi connectivity index (χ2n) is 3.95. The van der Waals surface area contributed by atoms with Gasteiger partial charge in [0.25, 0.3) is 5.91 Å². The molecule has 0 aliphatic rings. The van der Waals surface area contributed by atoms with Crippen molar-refractivity contribution in [1.82, 2.24) is 4.90 Å². The van der Waals surface area contributed by atoms with Crippen LogP contribution in [0.1, 0.15) is 23.7 Å². The van der Waals surface area contributed by atoms with Gasteiger partial charge in [-0.15, -0.1) is 0 Å². The van der Waals surface area contributed by atoms with Gasteiger partial charge in [0.1, 0.15) is 5.84 Å². The Morgan fingerprint density at radius 1 is 1.35 bits per heavy atom. The van der Waals surface area contributed by atoms with E-state index in [1.807, 2.05) is 0 Å². The number of hydrogen-bond acceptors (Lipinski definition) is 3. The highest BCUT2D eigenvalue weighted by molar-refractivity contribution is 5.94. The molecule has 0 aromatic heterocycles. The largest absolute Gasteiger partial charge is 0.409 e. The average Bonchev–Trinajstić information content (AvgIpc) is 2.45. The quantitative estimate of drug-likeness (QED) is 0.285. The molecule has 1 amide bonds. The summed E-state index contributed by atoms with van der Waals surface area (Å²) in [6.45, 7) is 1.89. The molecule has 1 aromatic rings. The summed E-state index contributed by atoms with van der Waals surface area (Å²) in [5.41, 5.74) is 4.70. The average molecular weight is 289 g/mol. The molecule has 0 fully saturated rings. The van der Waals surface area contributed by atoms with E-state index >= 15 is 0 Å². The van der Waals surface area contributed by atoms with Crippen molar-refractivity contribution in [3.8, 4) is 0 Å². The fraction of sp³-hybridized carbons (Fsp3) is 0.333. The molecule has 0 radical (unpaired) electrons. The summed E-state index contributed by atoms with van der Waals surface area (Å²) in [5.74, 6) is -5.48. The first-order valence-electron chi connectivity index (χ1n) is 5.81. The number of nitrogens with two attached hydrogens (primary N) is 1. The number of carbonyl (C=O) groups is 1. The standard InChI is InChI=1S/C12H14F3N3O2/c1-2-18(6-5-9(16)17-20)12(19)7-3-4-8(13)11(15)10(7)14/h3-4,20H,2,5-6H2,1H3,(H2,16,17). The summed E-state index contributed by atoms with van der Waals surface area (Å²) in [5, 5.41) is 11.1. The van der Waals surface area contributed by atoms with Crippen molar-refractivity contribution in [2.45, 2.75) is 13.3 Å². The van der Waals surface area contributed by atoms with Gasteiger partial charge in [0.2, 0.25) is 0 Å². The van der Waals surface area contributed by atoms with Crippen LogP contribution in [0.15, 0.2) is 17.3 Å². The Bertz CT molecular complexity index is 535. The highest BCUT2D eigenvalue weighted by Gasteiger charge is 2.22. The molecule has 110 valence electrons. The lowest BCUT2D eigenvalue weighted by Crippen LogP contribution is -2.34. The van der Waals surface area contributed by atoms with E-state index in [-0.39, 0.29) is 25.3 Å². The van der Waals surface area contributed by atoms with Gasteiger partial charge < -0.3 is 15.8 Å². The number of nitrogens with zero attached hydrogens (tertiary/aromatic N) is 2. The third-order valence-corrected chi connectivity index (χ3v) is 2.70. The first-order chi connectivity index (χ1) is 9.42. The third kappa shape index (κ3) is 3.40. The minimum absolute atomic E-state index is 0.0592. The Hall–Kier alpha value is -2.25. The molecule has 0 heterocycles. The minimum atomic E-state index is -1.69. The fourth-order valence-electron chi connectivity index (χ4n) is 1.56. The maximum Gasteiger partial charge on any atom is 0.256 e. The van der Waals surface area contributed by atoms with E-state index in [1.54, 1.807) is 6.92 Å². The maximum absolute atomic E-state index is 13.5. The van der Waals surface area contributed by atoms with E-state index in [2.05, 4.69) is 5.16 Å². The SMILES string of the molecule is CCN(CCC(N)=NO)C(=O)c1ccc(F)c(F)c1F. The first kappa shape index (κ1) is 15.8. The molecular formula is C12H14F3N3O2. The molecule has 1 rings (SSSR count). The van der Waals surface area contributed by atoms with Crippen LogP contribution >= 0.6 is 0 Å². The molecule has 0 aliphatic heterocycles. The van der Waals surface area contributed by atoms with Crippen LogP contribution in [-0.4, -0.2) is 34.9 Å². The molecule has 8 heteroatoms. The zero-order valence-corrected chi connectivity index (χ0v) is 10.7. The Balaban J connectivity index is 2.94. The number of oxime groups is 1. The van der Waals surface area contributed by atoms with E-state index in [0.717, 1.165) is 6.07 Å². The van der Waals surface area contributed by atoms with Crippen LogP contribution in [0.2, 0.25) is 0 Å². The van der Waals surface area contributed by atoms with Crippen molar-refractivity contribution in [1.29, 1.82) is 0 Å². The van der Waals surface area contributed by atoms with Gasteiger partial charge >= 0.3 is 0 Å². The molecule has 0 aliphatic carbocycles. The van der Waals surface area contributed by atoms with Gasteiger partial charge in [0, 0.05) is 19.5 Å². The highest BCUT2D eigenvalue weighted by Crippen LogP contribution is 2.17. The van der Waals surface area contributed by atoms with Crippen molar-refractivity contribution >= 4 is 11.7 Å². The summed E-state index contributed by atoms with van der Waals surface area (Å²) >= 11 is 0. The molecule has 5 nitrogen and oxygen atoms in total. The van der Waals surface area contributed by atoms with Crippen LogP contribution in [0, 0.1) is 17.5 Å². The second kappa shape index (κ2) is 6.78. The van der Waals surface area contributed by atoms with Crippen LogP contribution in [-0.2, 0) is 0 Å². The molecule has 0 spiro atoms. The molecule has 0 bridgehead atoms. The smallest absolute Gasteiger partial charge is 0.256 e. The lowest BCUT2D eigenvalue weighted by atomic mass is 10.1. The number of amides is 1. The third-order valence-electron chi connectivity index (χ3n) is 2.70. The number of rotatable bonds is 5. The summed E-state index contributed by atoms with van der Waals surface area (Å²) < 4.78 is 39.4. The Morgan fingerprint density at radius 2 is 2.00 bits per heavy atom. The summed E-state index contributed by atoms with van der Waals surface area (Å²) in [4.78, 5) is 13.2. The number of amidine groups is 1. The van der Waals surface area contributed by atoms with E-state index < -0.39 is 28.9 Å². The molecule has 20 heavy (non-hydrogen) atoms. The number of hydrogen-bond donors (Lipinski definition) is 2. The topological polar surface area (TPSA) is 78.9 Å². The van der Waals surface area contributed by atoms with Gasteiger partial charge in [-0.3, -0.25) is 4.79 Å². The normalized spacial score (nSPS) is 11.5. The molecule has 3 N–H and O–H groups in total. The van der Waals surface area contributed by atoms with Crippen molar-refractivity contribution in [3.63, 3.8) is 0 Å². The lowest BCUT2D eigenvalue weighted by Gasteiger charge is -2.21. The van der Waals surface area contributed by atoms with E-state index in [9.17, 15) is 18.0 Å². The molecule has 1 aromatic carbocycles. The van der Waals surface area contributed by atoms with Crippen LogP contribution in [0.25, 0.3) is 0 Å². The van der Waals surface area contributed by atoms with Gasteiger partial charge in [-0.2, -0.15) is 0 Å². The summed E-state index contributed by atoms with van der Waals surface area (Å²) in [7, 11) is 0. The van der Waals surface area contributed by atoms with Crippen LogP contribution < -0.4 is 5.73 Å². The van der Waals surface area contributed by atoms with Crippen molar-refractivity contribution in [2.24, 2.45) is 10.9 Å². The van der Waals surface area contributed by atoms with Gasteiger partial charge in [0.05, 0.1) is 5.56 Å².